The highest BCUT2D eigenvalue weighted by Crippen LogP contribution is 2.38. The highest BCUT2D eigenvalue weighted by atomic mass is 16.5. The van der Waals surface area contributed by atoms with Crippen molar-refractivity contribution in [2.75, 3.05) is 6.61 Å². The Balaban J connectivity index is 1.86. The molecule has 2 heteroatoms. The molecule has 122 valence electrons. The molecule has 0 N–H and O–H groups in total. The van der Waals surface area contributed by atoms with Gasteiger partial charge in [-0.2, -0.15) is 0 Å². The van der Waals surface area contributed by atoms with Crippen LogP contribution in [0.1, 0.15) is 76.2 Å². The molecule has 2 nitrogen and oxygen atoms in total. The Hall–Kier alpha value is -1.31. The van der Waals surface area contributed by atoms with Crippen molar-refractivity contribution in [1.82, 2.24) is 0 Å². The molecular formula is C20H30O2. The molecule has 0 saturated heterocycles. The molecule has 1 fully saturated rings. The number of hydrogen-bond donors (Lipinski definition) is 0. The van der Waals surface area contributed by atoms with Gasteiger partial charge in [0.15, 0.2) is 0 Å². The number of rotatable bonds is 9. The van der Waals surface area contributed by atoms with Crippen LogP contribution in [0.3, 0.4) is 0 Å². The van der Waals surface area contributed by atoms with Crippen molar-refractivity contribution in [2.45, 2.75) is 70.6 Å². The van der Waals surface area contributed by atoms with Crippen LogP contribution in [0.4, 0.5) is 0 Å². The predicted molar refractivity (Wildman–Crippen MR) is 90.9 cm³/mol. The van der Waals surface area contributed by atoms with Crippen molar-refractivity contribution < 1.29 is 9.53 Å². The number of carbonyl (C=O) groups is 1. The lowest BCUT2D eigenvalue weighted by atomic mass is 9.85. The van der Waals surface area contributed by atoms with Crippen molar-refractivity contribution in [3.05, 3.63) is 35.9 Å². The maximum absolute atomic E-state index is 12.6. The minimum absolute atomic E-state index is 0.00593. The van der Waals surface area contributed by atoms with E-state index in [0.29, 0.717) is 12.5 Å². The van der Waals surface area contributed by atoms with E-state index in [-0.39, 0.29) is 11.9 Å². The summed E-state index contributed by atoms with van der Waals surface area (Å²) in [6, 6.07) is 10.2. The fourth-order valence-electron chi connectivity index (χ4n) is 3.52. The first kappa shape index (κ1) is 17.1. The van der Waals surface area contributed by atoms with E-state index in [1.807, 2.05) is 18.2 Å². The molecule has 1 aliphatic rings. The summed E-state index contributed by atoms with van der Waals surface area (Å²) in [7, 11) is 0. The maximum atomic E-state index is 12.6. The molecule has 22 heavy (non-hydrogen) atoms. The first-order chi connectivity index (χ1) is 10.8. The molecule has 0 aliphatic heterocycles. The van der Waals surface area contributed by atoms with Gasteiger partial charge in [-0.15, -0.1) is 0 Å². The van der Waals surface area contributed by atoms with E-state index in [1.54, 1.807) is 0 Å². The van der Waals surface area contributed by atoms with E-state index in [0.717, 1.165) is 24.8 Å². The second-order valence-corrected chi connectivity index (χ2v) is 6.51. The Morgan fingerprint density at radius 1 is 1.09 bits per heavy atom. The molecule has 0 amide bonds. The summed E-state index contributed by atoms with van der Waals surface area (Å²) in [4.78, 5) is 12.6. The molecule has 1 aromatic carbocycles. The zero-order valence-electron chi connectivity index (χ0n) is 13.9. The van der Waals surface area contributed by atoms with E-state index in [9.17, 15) is 4.79 Å². The number of carbonyl (C=O) groups excluding carboxylic acids is 1. The summed E-state index contributed by atoms with van der Waals surface area (Å²) in [5.41, 5.74) is 1.13. The van der Waals surface area contributed by atoms with Crippen molar-refractivity contribution in [3.63, 3.8) is 0 Å². The average Bonchev–Trinajstić information content (AvgIpc) is 3.06. The van der Waals surface area contributed by atoms with E-state index < -0.39 is 0 Å². The molecule has 1 unspecified atom stereocenters. The number of hydrogen-bond acceptors (Lipinski definition) is 2. The molecule has 1 saturated carbocycles. The van der Waals surface area contributed by atoms with Crippen LogP contribution < -0.4 is 0 Å². The smallest absolute Gasteiger partial charge is 0.313 e. The number of benzene rings is 1. The molecule has 1 aromatic rings. The van der Waals surface area contributed by atoms with E-state index in [2.05, 4.69) is 19.1 Å². The average molecular weight is 302 g/mol. The Morgan fingerprint density at radius 2 is 1.77 bits per heavy atom. The van der Waals surface area contributed by atoms with Gasteiger partial charge in [0.2, 0.25) is 0 Å². The lowest BCUT2D eigenvalue weighted by molar-refractivity contribution is -0.147. The fourth-order valence-corrected chi connectivity index (χ4v) is 3.52. The Kier molecular flexibility index (Phi) is 7.48. The van der Waals surface area contributed by atoms with Gasteiger partial charge in [-0.1, -0.05) is 75.8 Å². The second kappa shape index (κ2) is 9.66. The molecule has 0 spiro atoms. The minimum atomic E-state index is -0.0562. The van der Waals surface area contributed by atoms with Gasteiger partial charge in [0.1, 0.15) is 0 Å². The van der Waals surface area contributed by atoms with Gasteiger partial charge in [-0.25, -0.2) is 0 Å². The monoisotopic (exact) mass is 302 g/mol. The van der Waals surface area contributed by atoms with E-state index in [4.69, 9.17) is 4.74 Å². The highest BCUT2D eigenvalue weighted by Gasteiger charge is 2.32. The molecular weight excluding hydrogens is 272 g/mol. The third-order valence-corrected chi connectivity index (χ3v) is 4.78. The zero-order chi connectivity index (χ0) is 15.6. The SMILES string of the molecule is CCCCCCCOC(=O)C(c1ccccc1)C1CCCC1. The third-order valence-electron chi connectivity index (χ3n) is 4.78. The van der Waals surface area contributed by atoms with Gasteiger partial charge < -0.3 is 4.74 Å². The molecule has 0 radical (unpaired) electrons. The van der Waals surface area contributed by atoms with Crippen LogP contribution in [0.2, 0.25) is 0 Å². The predicted octanol–water partition coefficient (Wildman–Crippen LogP) is 5.47. The quantitative estimate of drug-likeness (QED) is 0.446. The van der Waals surface area contributed by atoms with Gasteiger partial charge in [-0.3, -0.25) is 4.79 Å². The number of unbranched alkanes of at least 4 members (excludes halogenated alkanes) is 4. The van der Waals surface area contributed by atoms with Gasteiger partial charge in [0.05, 0.1) is 12.5 Å². The number of esters is 1. The maximum Gasteiger partial charge on any atom is 0.313 e. The summed E-state index contributed by atoms with van der Waals surface area (Å²) < 4.78 is 5.61. The summed E-state index contributed by atoms with van der Waals surface area (Å²) >= 11 is 0. The van der Waals surface area contributed by atoms with Crippen molar-refractivity contribution >= 4 is 5.97 Å². The lowest BCUT2D eigenvalue weighted by Crippen LogP contribution is -2.23. The van der Waals surface area contributed by atoms with Crippen molar-refractivity contribution in [2.24, 2.45) is 5.92 Å². The summed E-state index contributed by atoms with van der Waals surface area (Å²) in [5, 5.41) is 0. The number of ether oxygens (including phenoxy) is 1. The van der Waals surface area contributed by atoms with E-state index in [1.165, 1.54) is 38.5 Å². The normalized spacial score (nSPS) is 16.6. The van der Waals surface area contributed by atoms with Gasteiger partial charge in [-0.05, 0) is 30.7 Å². The molecule has 0 aromatic heterocycles. The molecule has 0 bridgehead atoms. The lowest BCUT2D eigenvalue weighted by Gasteiger charge is -2.22. The summed E-state index contributed by atoms with van der Waals surface area (Å²) in [5.74, 6) is 0.405. The standard InChI is InChI=1S/C20H30O2/c1-2-3-4-5-11-16-22-20(21)19(18-14-9-10-15-18)17-12-7-6-8-13-17/h6-8,12-13,18-19H,2-5,9-11,14-16H2,1H3. The minimum Gasteiger partial charge on any atom is -0.465 e. The molecule has 2 rings (SSSR count). The fraction of sp³-hybridized carbons (Fsp3) is 0.650. The van der Waals surface area contributed by atoms with Crippen LogP contribution in [0.25, 0.3) is 0 Å². The van der Waals surface area contributed by atoms with Crippen LogP contribution in [0.15, 0.2) is 30.3 Å². The highest BCUT2D eigenvalue weighted by molar-refractivity contribution is 5.78. The Morgan fingerprint density at radius 3 is 2.45 bits per heavy atom. The first-order valence-electron chi connectivity index (χ1n) is 9.04. The van der Waals surface area contributed by atoms with Crippen molar-refractivity contribution in [3.8, 4) is 0 Å². The van der Waals surface area contributed by atoms with Gasteiger partial charge in [0, 0.05) is 0 Å². The van der Waals surface area contributed by atoms with Crippen molar-refractivity contribution in [1.29, 1.82) is 0 Å². The van der Waals surface area contributed by atoms with Crippen LogP contribution in [0.5, 0.6) is 0 Å². The Bertz CT molecular complexity index is 421. The topological polar surface area (TPSA) is 26.3 Å². The summed E-state index contributed by atoms with van der Waals surface area (Å²) in [6.07, 6.45) is 10.8. The van der Waals surface area contributed by atoms with Crippen LogP contribution >= 0.6 is 0 Å². The van der Waals surface area contributed by atoms with Crippen LogP contribution in [-0.2, 0) is 9.53 Å². The van der Waals surface area contributed by atoms with Crippen LogP contribution in [0, 0.1) is 5.92 Å². The largest absolute Gasteiger partial charge is 0.465 e. The molecule has 1 atom stereocenters. The van der Waals surface area contributed by atoms with E-state index >= 15 is 0 Å². The van der Waals surface area contributed by atoms with Gasteiger partial charge >= 0.3 is 5.97 Å². The second-order valence-electron chi connectivity index (χ2n) is 6.51. The Labute approximate surface area is 135 Å². The summed E-state index contributed by atoms with van der Waals surface area (Å²) in [6.45, 7) is 2.80. The first-order valence-corrected chi connectivity index (χ1v) is 9.04. The molecule has 0 heterocycles. The van der Waals surface area contributed by atoms with Gasteiger partial charge in [0.25, 0.3) is 0 Å². The third kappa shape index (κ3) is 5.15. The van der Waals surface area contributed by atoms with Crippen LogP contribution in [-0.4, -0.2) is 12.6 Å². The molecule has 1 aliphatic carbocycles. The zero-order valence-corrected chi connectivity index (χ0v) is 13.9.